The minimum Gasteiger partial charge on any atom is -0.258 e. The van der Waals surface area contributed by atoms with Gasteiger partial charge in [-0.2, -0.15) is 0 Å². The van der Waals surface area contributed by atoms with Gasteiger partial charge in [-0.1, -0.05) is 0 Å². The molecule has 0 atom stereocenters. The average Bonchev–Trinajstić information content (AvgIpc) is 2.04. The van der Waals surface area contributed by atoms with Crippen molar-refractivity contribution in [1.29, 1.82) is 0 Å². The Kier molecular flexibility index (Phi) is 2.00. The second kappa shape index (κ2) is 2.95. The van der Waals surface area contributed by atoms with Crippen molar-refractivity contribution in [2.75, 3.05) is 0 Å². The lowest BCUT2D eigenvalue weighted by molar-refractivity contribution is -0.389. The van der Waals surface area contributed by atoms with E-state index in [1.165, 1.54) is 0 Å². The molecule has 12 heavy (non-hydrogen) atoms. The first-order valence-electron chi connectivity index (χ1n) is 2.83. The lowest BCUT2D eigenvalue weighted by atomic mass is 10.3. The summed E-state index contributed by atoms with van der Waals surface area (Å²) in [5, 5.41) is 20.1. The minimum atomic E-state index is -0.719. The van der Waals surface area contributed by atoms with Crippen LogP contribution in [0.4, 0.5) is 11.4 Å². The predicted molar refractivity (Wildman–Crippen MR) is 37.4 cm³/mol. The Labute approximate surface area is 66.7 Å². The van der Waals surface area contributed by atoms with Crippen molar-refractivity contribution in [2.45, 2.75) is 0 Å². The summed E-state index contributed by atoms with van der Waals surface area (Å²) >= 11 is 0. The molecule has 0 unspecified atom stereocenters. The van der Waals surface area contributed by atoms with Crippen molar-refractivity contribution in [3.8, 4) is 0 Å². The molecule has 0 N–H and O–H groups in total. The summed E-state index contributed by atoms with van der Waals surface area (Å²) in [6, 6.07) is 6.12. The van der Waals surface area contributed by atoms with Gasteiger partial charge in [0, 0.05) is 12.1 Å². The summed E-state index contributed by atoms with van der Waals surface area (Å²) in [5.41, 5.74) is -0.666. The summed E-state index contributed by atoms with van der Waals surface area (Å²) in [5.74, 6) is 0. The Balaban J connectivity index is 3.01. The largest absolute Gasteiger partial charge is 0.285 e. The predicted octanol–water partition coefficient (Wildman–Crippen LogP) is 1.10. The van der Waals surface area contributed by atoms with Crippen molar-refractivity contribution >= 4 is 11.4 Å². The van der Waals surface area contributed by atoms with E-state index >= 15 is 0 Å². The molecule has 2 radical (unpaired) electrons. The monoisotopic (exact) mass is 166 g/mol. The highest BCUT2D eigenvalue weighted by atomic mass is 16.6. The Bertz CT molecular complexity index is 286. The van der Waals surface area contributed by atoms with Gasteiger partial charge in [0.25, 0.3) is 11.4 Å². The quantitative estimate of drug-likeness (QED) is 0.486. The maximum atomic E-state index is 10.1. The topological polar surface area (TPSA) is 86.3 Å². The van der Waals surface area contributed by atoms with Crippen LogP contribution in [0.25, 0.3) is 0 Å². The van der Waals surface area contributed by atoms with Crippen LogP contribution in [0.5, 0.6) is 0 Å². The van der Waals surface area contributed by atoms with Crippen LogP contribution in [0, 0.1) is 32.4 Å². The van der Waals surface area contributed by atoms with E-state index in [2.05, 4.69) is 12.1 Å². The Morgan fingerprint density at radius 2 is 1.58 bits per heavy atom. The second-order valence-electron chi connectivity index (χ2n) is 1.87. The molecule has 1 rings (SSSR count). The van der Waals surface area contributed by atoms with E-state index in [0.717, 1.165) is 12.1 Å². The fraction of sp³-hybridized carbons (Fsp3) is 0. The van der Waals surface area contributed by atoms with Crippen LogP contribution in [0.1, 0.15) is 0 Å². The van der Waals surface area contributed by atoms with E-state index in [-0.39, 0.29) is 5.69 Å². The molecule has 0 heterocycles. The molecule has 0 fully saturated rings. The standard InChI is InChI=1S/C6H2N2O4/c9-7(10)5-1-2-6(4-3-5)8(11)12/h1,3H. The third-order valence-corrected chi connectivity index (χ3v) is 1.11. The smallest absolute Gasteiger partial charge is 0.258 e. The third kappa shape index (κ3) is 1.54. The van der Waals surface area contributed by atoms with E-state index in [1.54, 1.807) is 0 Å². The van der Waals surface area contributed by atoms with Crippen molar-refractivity contribution < 1.29 is 9.85 Å². The fourth-order valence-corrected chi connectivity index (χ4v) is 0.579. The molecule has 1 aromatic rings. The molecule has 60 valence electrons. The van der Waals surface area contributed by atoms with Crippen LogP contribution in [0.3, 0.4) is 0 Å². The highest BCUT2D eigenvalue weighted by molar-refractivity contribution is 5.37. The first-order chi connectivity index (χ1) is 5.61. The van der Waals surface area contributed by atoms with Crippen molar-refractivity contribution in [2.24, 2.45) is 0 Å². The van der Waals surface area contributed by atoms with Crippen LogP contribution in [-0.4, -0.2) is 9.85 Å². The maximum absolute atomic E-state index is 10.1. The number of hydrogen-bond acceptors (Lipinski definition) is 4. The van der Waals surface area contributed by atoms with Crippen LogP contribution in [-0.2, 0) is 0 Å². The number of benzene rings is 1. The minimum absolute atomic E-state index is 0.263. The fourth-order valence-electron chi connectivity index (χ4n) is 0.579. The van der Waals surface area contributed by atoms with Gasteiger partial charge < -0.3 is 0 Å². The number of nitro groups is 2. The Hall–Kier alpha value is -1.98. The van der Waals surface area contributed by atoms with Crippen LogP contribution >= 0.6 is 0 Å². The summed E-state index contributed by atoms with van der Waals surface area (Å²) in [6.07, 6.45) is 0. The Morgan fingerprint density at radius 1 is 1.08 bits per heavy atom. The molecule has 6 heteroatoms. The van der Waals surface area contributed by atoms with Gasteiger partial charge in [0.15, 0.2) is 0 Å². The van der Waals surface area contributed by atoms with E-state index in [4.69, 9.17) is 0 Å². The summed E-state index contributed by atoms with van der Waals surface area (Å²) < 4.78 is 0. The maximum Gasteiger partial charge on any atom is 0.285 e. The number of rotatable bonds is 2. The number of hydrogen-bond donors (Lipinski definition) is 0. The van der Waals surface area contributed by atoms with Gasteiger partial charge in [0.2, 0.25) is 0 Å². The lowest BCUT2D eigenvalue weighted by Crippen LogP contribution is -1.90. The van der Waals surface area contributed by atoms with E-state index in [9.17, 15) is 20.2 Å². The normalized spacial score (nSPS) is 9.33. The first kappa shape index (κ1) is 8.12. The number of nitro benzene ring substituents is 2. The zero-order valence-corrected chi connectivity index (χ0v) is 5.68. The van der Waals surface area contributed by atoms with Crippen molar-refractivity contribution in [3.05, 3.63) is 44.5 Å². The van der Waals surface area contributed by atoms with Gasteiger partial charge in [-0.15, -0.1) is 0 Å². The molecule has 0 spiro atoms. The van der Waals surface area contributed by atoms with Crippen LogP contribution in [0.15, 0.2) is 12.1 Å². The molecule has 1 aromatic carbocycles. The summed E-state index contributed by atoms with van der Waals surface area (Å²) in [4.78, 5) is 18.7. The van der Waals surface area contributed by atoms with E-state index in [1.807, 2.05) is 0 Å². The molecule has 0 aliphatic rings. The molecular weight excluding hydrogens is 164 g/mol. The molecule has 0 amide bonds. The summed E-state index contributed by atoms with van der Waals surface area (Å²) in [6.45, 7) is 0. The molecule has 0 aliphatic carbocycles. The first-order valence-corrected chi connectivity index (χ1v) is 2.83. The van der Waals surface area contributed by atoms with Crippen molar-refractivity contribution in [1.82, 2.24) is 0 Å². The van der Waals surface area contributed by atoms with Gasteiger partial charge in [0.1, 0.15) is 0 Å². The third-order valence-electron chi connectivity index (χ3n) is 1.11. The van der Waals surface area contributed by atoms with Gasteiger partial charge in [-0.05, 0) is 0 Å². The van der Waals surface area contributed by atoms with Gasteiger partial charge >= 0.3 is 0 Å². The zero-order valence-electron chi connectivity index (χ0n) is 5.68. The number of non-ortho nitro benzene ring substituents is 2. The molecule has 0 aromatic heterocycles. The van der Waals surface area contributed by atoms with E-state index in [0.29, 0.717) is 0 Å². The second-order valence-corrected chi connectivity index (χ2v) is 1.87. The van der Waals surface area contributed by atoms with Gasteiger partial charge in [-0.3, -0.25) is 20.2 Å². The van der Waals surface area contributed by atoms with Crippen LogP contribution in [0.2, 0.25) is 0 Å². The van der Waals surface area contributed by atoms with Gasteiger partial charge in [0.05, 0.1) is 22.0 Å². The molecule has 0 aliphatic heterocycles. The highest BCUT2D eigenvalue weighted by Crippen LogP contribution is 2.14. The summed E-state index contributed by atoms with van der Waals surface area (Å²) in [7, 11) is 0. The lowest BCUT2D eigenvalue weighted by Gasteiger charge is -1.88. The molecule has 0 saturated heterocycles. The zero-order chi connectivity index (χ0) is 9.14. The number of nitrogens with zero attached hydrogens (tertiary/aromatic N) is 2. The van der Waals surface area contributed by atoms with E-state index < -0.39 is 15.5 Å². The molecule has 0 bridgehead atoms. The Morgan fingerprint density at radius 3 is 1.92 bits per heavy atom. The highest BCUT2D eigenvalue weighted by Gasteiger charge is 2.10. The molecule has 6 nitrogen and oxygen atoms in total. The van der Waals surface area contributed by atoms with Crippen molar-refractivity contribution in [3.63, 3.8) is 0 Å². The molecule has 0 saturated carbocycles. The van der Waals surface area contributed by atoms with Crippen LogP contribution < -0.4 is 0 Å². The SMILES string of the molecule is O=[N+]([O-])c1[c]cc([N+](=O)[O-])c[c]1. The molecular formula is C6H2N2O4. The van der Waals surface area contributed by atoms with Gasteiger partial charge in [-0.25, -0.2) is 0 Å². The average molecular weight is 166 g/mol.